The minimum absolute atomic E-state index is 0.171. The Morgan fingerprint density at radius 3 is 2.45 bits per heavy atom. The molecule has 0 radical (unpaired) electrons. The minimum Gasteiger partial charge on any atom is -0.490 e. The molecule has 0 aliphatic heterocycles. The zero-order valence-electron chi connectivity index (χ0n) is 20.9. The van der Waals surface area contributed by atoms with Crippen molar-refractivity contribution in [2.75, 3.05) is 25.1 Å². The van der Waals surface area contributed by atoms with Gasteiger partial charge in [0.2, 0.25) is 0 Å². The lowest BCUT2D eigenvalue weighted by Gasteiger charge is -2.12. The van der Waals surface area contributed by atoms with Crippen LogP contribution in [0.15, 0.2) is 81.3 Å². The van der Waals surface area contributed by atoms with Crippen molar-refractivity contribution in [3.63, 3.8) is 0 Å². The average molecular weight is 645 g/mol. The number of rotatable bonds is 12. The van der Waals surface area contributed by atoms with Crippen LogP contribution in [0.25, 0.3) is 0 Å². The van der Waals surface area contributed by atoms with Crippen molar-refractivity contribution in [2.24, 2.45) is 5.10 Å². The molecule has 0 aromatic heterocycles. The van der Waals surface area contributed by atoms with Crippen LogP contribution in [0, 0.1) is 6.92 Å². The topological polar surface area (TPSA) is 98.3 Å². The SMILES string of the molecule is C=CCOc1ccc(C(=O)N/N=C/c2cc(Br)c(OCC(=O)Nc3cccc(C)c3)c(Br)c2)cc1OCC. The molecule has 0 unspecified atom stereocenters. The number of aryl methyl sites for hydroxylation is 1. The standard InChI is InChI=1S/C28H27Br2N3O5/c1-4-11-37-24-10-9-20(15-25(24)36-5-2)28(35)33-31-16-19-13-22(29)27(23(30)14-19)38-17-26(34)32-21-8-6-7-18(3)12-21/h4,6-10,12-16H,1,5,11,17H2,2-3H3,(H,32,34)(H,33,35)/b31-16+. The average Bonchev–Trinajstić information content (AvgIpc) is 2.87. The van der Waals surface area contributed by atoms with Crippen LogP contribution >= 0.6 is 31.9 Å². The zero-order chi connectivity index (χ0) is 27.5. The smallest absolute Gasteiger partial charge is 0.271 e. The molecule has 2 amide bonds. The van der Waals surface area contributed by atoms with E-state index in [9.17, 15) is 9.59 Å². The summed E-state index contributed by atoms with van der Waals surface area (Å²) in [6, 6.07) is 15.9. The van der Waals surface area contributed by atoms with Crippen molar-refractivity contribution < 1.29 is 23.8 Å². The van der Waals surface area contributed by atoms with E-state index in [-0.39, 0.29) is 12.5 Å². The molecule has 3 aromatic carbocycles. The van der Waals surface area contributed by atoms with Gasteiger partial charge in [-0.05, 0) is 99.3 Å². The summed E-state index contributed by atoms with van der Waals surface area (Å²) in [5, 5.41) is 6.85. The number of benzene rings is 3. The molecular formula is C28H27Br2N3O5. The number of nitrogens with zero attached hydrogens (tertiary/aromatic N) is 1. The maximum absolute atomic E-state index is 12.6. The van der Waals surface area contributed by atoms with E-state index in [0.717, 1.165) is 5.56 Å². The van der Waals surface area contributed by atoms with Crippen molar-refractivity contribution in [2.45, 2.75) is 13.8 Å². The van der Waals surface area contributed by atoms with E-state index in [1.807, 2.05) is 38.1 Å². The fraction of sp³-hybridized carbons (Fsp3) is 0.179. The summed E-state index contributed by atoms with van der Waals surface area (Å²) in [6.07, 6.45) is 3.12. The van der Waals surface area contributed by atoms with Crippen molar-refractivity contribution in [3.05, 3.63) is 92.9 Å². The maximum atomic E-state index is 12.6. The molecule has 0 aliphatic carbocycles. The number of hydrogen-bond acceptors (Lipinski definition) is 6. The first-order valence-electron chi connectivity index (χ1n) is 11.6. The fourth-order valence-corrected chi connectivity index (χ4v) is 4.72. The summed E-state index contributed by atoms with van der Waals surface area (Å²) in [7, 11) is 0. The Morgan fingerprint density at radius 1 is 1.00 bits per heavy atom. The van der Waals surface area contributed by atoms with Crippen molar-refractivity contribution in [1.82, 2.24) is 5.43 Å². The number of ether oxygens (including phenoxy) is 3. The second-order valence-electron chi connectivity index (χ2n) is 7.91. The van der Waals surface area contributed by atoms with Gasteiger partial charge in [0.1, 0.15) is 12.4 Å². The molecule has 38 heavy (non-hydrogen) atoms. The van der Waals surface area contributed by atoms with Gasteiger partial charge < -0.3 is 19.5 Å². The summed E-state index contributed by atoms with van der Waals surface area (Å²) in [5.74, 6) is 0.761. The van der Waals surface area contributed by atoms with Crippen LogP contribution in [0.1, 0.15) is 28.4 Å². The molecule has 198 valence electrons. The molecule has 8 nitrogen and oxygen atoms in total. The summed E-state index contributed by atoms with van der Waals surface area (Å²) in [4.78, 5) is 24.9. The normalized spacial score (nSPS) is 10.6. The van der Waals surface area contributed by atoms with E-state index < -0.39 is 5.91 Å². The molecule has 0 heterocycles. The number of nitrogens with one attached hydrogen (secondary N) is 2. The predicted octanol–water partition coefficient (Wildman–Crippen LogP) is 6.26. The second-order valence-corrected chi connectivity index (χ2v) is 9.62. The molecule has 10 heteroatoms. The number of carbonyl (C=O) groups is 2. The molecular weight excluding hydrogens is 618 g/mol. The number of hydrazone groups is 1. The lowest BCUT2D eigenvalue weighted by Crippen LogP contribution is -2.20. The quantitative estimate of drug-likeness (QED) is 0.138. The lowest BCUT2D eigenvalue weighted by atomic mass is 10.2. The van der Waals surface area contributed by atoms with Gasteiger partial charge in [0.25, 0.3) is 11.8 Å². The van der Waals surface area contributed by atoms with Crippen LogP contribution in [-0.2, 0) is 4.79 Å². The summed E-state index contributed by atoms with van der Waals surface area (Å²) < 4.78 is 18.1. The zero-order valence-corrected chi connectivity index (χ0v) is 24.1. The molecule has 0 saturated carbocycles. The predicted molar refractivity (Wildman–Crippen MR) is 156 cm³/mol. The van der Waals surface area contributed by atoms with Crippen molar-refractivity contribution >= 4 is 55.6 Å². The molecule has 0 spiro atoms. The van der Waals surface area contributed by atoms with Gasteiger partial charge in [-0.1, -0.05) is 24.8 Å². The van der Waals surface area contributed by atoms with Gasteiger partial charge in [-0.15, -0.1) is 0 Å². The van der Waals surface area contributed by atoms with Gasteiger partial charge in [-0.2, -0.15) is 5.10 Å². The highest BCUT2D eigenvalue weighted by atomic mass is 79.9. The Hall–Kier alpha value is -3.63. The number of carbonyl (C=O) groups excluding carboxylic acids is 2. The number of halogens is 2. The van der Waals surface area contributed by atoms with Crippen LogP contribution in [0.5, 0.6) is 17.2 Å². The highest BCUT2D eigenvalue weighted by Crippen LogP contribution is 2.34. The first kappa shape index (κ1) is 28.9. The van der Waals surface area contributed by atoms with Gasteiger partial charge >= 0.3 is 0 Å². The second kappa shape index (κ2) is 14.3. The van der Waals surface area contributed by atoms with E-state index >= 15 is 0 Å². The molecule has 0 aliphatic rings. The number of anilines is 1. The van der Waals surface area contributed by atoms with Crippen molar-refractivity contribution in [3.8, 4) is 17.2 Å². The largest absolute Gasteiger partial charge is 0.490 e. The Bertz CT molecular complexity index is 1320. The maximum Gasteiger partial charge on any atom is 0.271 e. The summed E-state index contributed by atoms with van der Waals surface area (Å²) >= 11 is 6.92. The van der Waals surface area contributed by atoms with Crippen molar-refractivity contribution in [1.29, 1.82) is 0 Å². The van der Waals surface area contributed by atoms with Gasteiger partial charge in [0.15, 0.2) is 18.1 Å². The summed E-state index contributed by atoms with van der Waals surface area (Å²) in [5.41, 5.74) is 5.31. The molecule has 3 rings (SSSR count). The lowest BCUT2D eigenvalue weighted by molar-refractivity contribution is -0.118. The third-order valence-corrected chi connectivity index (χ3v) is 6.09. The fourth-order valence-electron chi connectivity index (χ4n) is 3.27. The first-order valence-corrected chi connectivity index (χ1v) is 13.2. The van der Waals surface area contributed by atoms with Crippen LogP contribution < -0.4 is 25.0 Å². The van der Waals surface area contributed by atoms with Crippen LogP contribution in [0.4, 0.5) is 5.69 Å². The molecule has 0 bridgehead atoms. The van der Waals surface area contributed by atoms with Crippen LogP contribution in [-0.4, -0.2) is 37.8 Å². The van der Waals surface area contributed by atoms with E-state index in [4.69, 9.17) is 14.2 Å². The van der Waals surface area contributed by atoms with E-state index in [0.29, 0.717) is 56.2 Å². The molecule has 0 fully saturated rings. The Morgan fingerprint density at radius 2 is 1.76 bits per heavy atom. The Balaban J connectivity index is 1.60. The monoisotopic (exact) mass is 643 g/mol. The van der Waals surface area contributed by atoms with Gasteiger partial charge in [-0.3, -0.25) is 9.59 Å². The highest BCUT2D eigenvalue weighted by molar-refractivity contribution is 9.11. The van der Waals surface area contributed by atoms with E-state index in [2.05, 4.69) is 54.3 Å². The van der Waals surface area contributed by atoms with Gasteiger partial charge in [0.05, 0.1) is 21.8 Å². The molecule has 0 atom stereocenters. The third kappa shape index (κ3) is 8.46. The van der Waals surface area contributed by atoms with E-state index in [1.54, 1.807) is 36.4 Å². The first-order chi connectivity index (χ1) is 18.3. The molecule has 2 N–H and O–H groups in total. The van der Waals surface area contributed by atoms with Gasteiger partial charge in [-0.25, -0.2) is 5.43 Å². The Kier molecular flexibility index (Phi) is 10.9. The Labute approximate surface area is 238 Å². The minimum atomic E-state index is -0.407. The van der Waals surface area contributed by atoms with E-state index in [1.165, 1.54) is 6.21 Å². The van der Waals surface area contributed by atoms with Crippen LogP contribution in [0.3, 0.4) is 0 Å². The number of hydrogen-bond donors (Lipinski definition) is 2. The highest BCUT2D eigenvalue weighted by Gasteiger charge is 2.13. The molecule has 3 aromatic rings. The molecule has 0 saturated heterocycles. The number of amides is 2. The van der Waals surface area contributed by atoms with Gasteiger partial charge in [0, 0.05) is 11.3 Å². The summed E-state index contributed by atoms with van der Waals surface area (Å²) in [6.45, 7) is 8.01. The van der Waals surface area contributed by atoms with Crippen LogP contribution in [0.2, 0.25) is 0 Å². The third-order valence-electron chi connectivity index (χ3n) is 4.91.